The average molecular weight is 394 g/mol. The van der Waals surface area contributed by atoms with Crippen molar-refractivity contribution in [2.75, 3.05) is 49.1 Å². The molecule has 1 amide bonds. The largest absolute Gasteiger partial charge is 0.353 e. The van der Waals surface area contributed by atoms with Crippen molar-refractivity contribution >= 4 is 17.7 Å². The number of carbonyl (C=O) groups is 1. The van der Waals surface area contributed by atoms with Crippen LogP contribution in [0.3, 0.4) is 0 Å². The molecule has 0 radical (unpaired) electrons. The van der Waals surface area contributed by atoms with Crippen molar-refractivity contribution in [2.45, 2.75) is 39.5 Å². The van der Waals surface area contributed by atoms with Crippen molar-refractivity contribution in [1.29, 1.82) is 0 Å². The molecule has 2 saturated heterocycles. The lowest BCUT2D eigenvalue weighted by Crippen LogP contribution is -2.49. The number of aromatic nitrogens is 2. The first-order valence-corrected chi connectivity index (χ1v) is 10.8. The second-order valence-electron chi connectivity index (χ2n) is 8.22. The fourth-order valence-corrected chi connectivity index (χ4v) is 4.22. The summed E-state index contributed by atoms with van der Waals surface area (Å²) in [5.41, 5.74) is 3.49. The molecule has 29 heavy (non-hydrogen) atoms. The van der Waals surface area contributed by atoms with Gasteiger partial charge in [-0.05, 0) is 38.7 Å². The fourth-order valence-electron chi connectivity index (χ4n) is 4.22. The Kier molecular flexibility index (Phi) is 5.97. The maximum atomic E-state index is 12.7. The Hall–Kier alpha value is -2.63. The highest BCUT2D eigenvalue weighted by Gasteiger charge is 2.23. The van der Waals surface area contributed by atoms with Gasteiger partial charge in [0.15, 0.2) is 0 Å². The summed E-state index contributed by atoms with van der Waals surface area (Å²) < 4.78 is 0. The van der Waals surface area contributed by atoms with Gasteiger partial charge in [-0.1, -0.05) is 29.8 Å². The normalized spacial score (nSPS) is 17.1. The minimum absolute atomic E-state index is 0.253. The molecule has 0 atom stereocenters. The SMILES string of the molecule is Cc1cccc(CCC(=O)N2CCN(c3cc(C)nc(N4CCCC4)n3)CC2)c1. The van der Waals surface area contributed by atoms with Crippen LogP contribution in [0.2, 0.25) is 0 Å². The third-order valence-electron chi connectivity index (χ3n) is 5.88. The van der Waals surface area contributed by atoms with Crippen LogP contribution in [0.25, 0.3) is 0 Å². The van der Waals surface area contributed by atoms with Crippen LogP contribution in [-0.2, 0) is 11.2 Å². The number of benzene rings is 1. The molecule has 0 saturated carbocycles. The maximum absolute atomic E-state index is 12.7. The van der Waals surface area contributed by atoms with Crippen LogP contribution in [0.1, 0.15) is 36.1 Å². The van der Waals surface area contributed by atoms with E-state index in [0.717, 1.165) is 63.1 Å². The van der Waals surface area contributed by atoms with Crippen LogP contribution < -0.4 is 9.80 Å². The Balaban J connectivity index is 1.32. The minimum Gasteiger partial charge on any atom is -0.353 e. The Bertz CT molecular complexity index is 854. The van der Waals surface area contributed by atoms with Gasteiger partial charge in [-0.15, -0.1) is 0 Å². The van der Waals surface area contributed by atoms with E-state index in [4.69, 9.17) is 4.98 Å². The summed E-state index contributed by atoms with van der Waals surface area (Å²) in [5.74, 6) is 2.10. The van der Waals surface area contributed by atoms with Gasteiger partial charge < -0.3 is 14.7 Å². The number of amides is 1. The molecule has 2 fully saturated rings. The summed E-state index contributed by atoms with van der Waals surface area (Å²) in [6.07, 6.45) is 3.83. The van der Waals surface area contributed by atoms with Gasteiger partial charge in [-0.3, -0.25) is 4.79 Å². The van der Waals surface area contributed by atoms with Gasteiger partial charge in [0.2, 0.25) is 11.9 Å². The fraction of sp³-hybridized carbons (Fsp3) is 0.522. The first-order chi connectivity index (χ1) is 14.1. The molecule has 6 heteroatoms. The first-order valence-electron chi connectivity index (χ1n) is 10.8. The van der Waals surface area contributed by atoms with Crippen LogP contribution in [0.15, 0.2) is 30.3 Å². The smallest absolute Gasteiger partial charge is 0.227 e. The zero-order valence-corrected chi connectivity index (χ0v) is 17.6. The quantitative estimate of drug-likeness (QED) is 0.782. The lowest BCUT2D eigenvalue weighted by molar-refractivity contribution is -0.131. The Morgan fingerprint density at radius 1 is 0.931 bits per heavy atom. The van der Waals surface area contributed by atoms with Gasteiger partial charge in [0.25, 0.3) is 0 Å². The highest BCUT2D eigenvalue weighted by atomic mass is 16.2. The standard InChI is InChI=1S/C23H31N5O/c1-18-6-5-7-20(16-18)8-9-22(29)27-14-12-26(13-15-27)21-17-19(2)24-23(25-21)28-10-3-4-11-28/h5-7,16-17H,3-4,8-15H2,1-2H3. The van der Waals surface area contributed by atoms with Crippen molar-refractivity contribution in [1.82, 2.24) is 14.9 Å². The molecule has 2 aliphatic heterocycles. The summed E-state index contributed by atoms with van der Waals surface area (Å²) in [4.78, 5) is 28.7. The summed E-state index contributed by atoms with van der Waals surface area (Å²) in [7, 11) is 0. The monoisotopic (exact) mass is 393 g/mol. The molecule has 1 aromatic heterocycles. The van der Waals surface area contributed by atoms with E-state index in [1.165, 1.54) is 24.0 Å². The molecule has 2 aromatic rings. The molecule has 6 nitrogen and oxygen atoms in total. The summed E-state index contributed by atoms with van der Waals surface area (Å²) >= 11 is 0. The van der Waals surface area contributed by atoms with E-state index in [9.17, 15) is 4.79 Å². The van der Waals surface area contributed by atoms with Crippen LogP contribution in [0.4, 0.5) is 11.8 Å². The number of nitrogens with zero attached hydrogens (tertiary/aromatic N) is 5. The van der Waals surface area contributed by atoms with Crippen LogP contribution in [-0.4, -0.2) is 60.0 Å². The van der Waals surface area contributed by atoms with E-state index in [1.54, 1.807) is 0 Å². The molecule has 2 aliphatic rings. The molecule has 154 valence electrons. The minimum atomic E-state index is 0.253. The van der Waals surface area contributed by atoms with Crippen molar-refractivity contribution in [3.05, 3.63) is 47.2 Å². The highest BCUT2D eigenvalue weighted by molar-refractivity contribution is 5.76. The third-order valence-corrected chi connectivity index (χ3v) is 5.88. The van der Waals surface area contributed by atoms with Crippen molar-refractivity contribution in [2.24, 2.45) is 0 Å². The van der Waals surface area contributed by atoms with Gasteiger partial charge in [-0.25, -0.2) is 4.98 Å². The van der Waals surface area contributed by atoms with Crippen molar-refractivity contribution in [3.63, 3.8) is 0 Å². The third kappa shape index (κ3) is 4.86. The Morgan fingerprint density at radius 3 is 2.41 bits per heavy atom. The first kappa shape index (κ1) is 19.7. The summed E-state index contributed by atoms with van der Waals surface area (Å²) in [5, 5.41) is 0. The molecule has 0 unspecified atom stereocenters. The number of hydrogen-bond acceptors (Lipinski definition) is 5. The van der Waals surface area contributed by atoms with Crippen LogP contribution in [0, 0.1) is 13.8 Å². The molecule has 0 bridgehead atoms. The van der Waals surface area contributed by atoms with Gasteiger partial charge in [-0.2, -0.15) is 4.98 Å². The summed E-state index contributed by atoms with van der Waals surface area (Å²) in [6.45, 7) is 9.39. The van der Waals surface area contributed by atoms with E-state index in [1.807, 2.05) is 11.8 Å². The molecule has 1 aromatic carbocycles. The predicted molar refractivity (Wildman–Crippen MR) is 117 cm³/mol. The average Bonchev–Trinajstić information content (AvgIpc) is 3.27. The second-order valence-corrected chi connectivity index (χ2v) is 8.22. The van der Waals surface area contributed by atoms with E-state index in [0.29, 0.717) is 6.42 Å². The number of rotatable bonds is 5. The van der Waals surface area contributed by atoms with Gasteiger partial charge >= 0.3 is 0 Å². The number of hydrogen-bond donors (Lipinski definition) is 0. The van der Waals surface area contributed by atoms with Crippen LogP contribution in [0.5, 0.6) is 0 Å². The second kappa shape index (κ2) is 8.80. The number of aryl methyl sites for hydroxylation is 3. The van der Waals surface area contributed by atoms with E-state index in [-0.39, 0.29) is 5.91 Å². The molecule has 0 aliphatic carbocycles. The topological polar surface area (TPSA) is 52.6 Å². The molecular weight excluding hydrogens is 362 g/mol. The number of anilines is 2. The predicted octanol–water partition coefficient (Wildman–Crippen LogP) is 2.98. The number of carbonyl (C=O) groups excluding carboxylic acids is 1. The number of piperazine rings is 1. The van der Waals surface area contributed by atoms with Gasteiger partial charge in [0.1, 0.15) is 5.82 Å². The Labute approximate surface area is 173 Å². The van der Waals surface area contributed by atoms with E-state index < -0.39 is 0 Å². The van der Waals surface area contributed by atoms with Gasteiger partial charge in [0, 0.05) is 57.4 Å². The summed E-state index contributed by atoms with van der Waals surface area (Å²) in [6, 6.07) is 10.5. The van der Waals surface area contributed by atoms with Gasteiger partial charge in [0.05, 0.1) is 0 Å². The Morgan fingerprint density at radius 2 is 1.69 bits per heavy atom. The van der Waals surface area contributed by atoms with Crippen LogP contribution >= 0.6 is 0 Å². The molecule has 0 N–H and O–H groups in total. The zero-order chi connectivity index (χ0) is 20.2. The molecule has 3 heterocycles. The molecule has 4 rings (SSSR count). The maximum Gasteiger partial charge on any atom is 0.227 e. The lowest BCUT2D eigenvalue weighted by atomic mass is 10.1. The molecular formula is C23H31N5O. The zero-order valence-electron chi connectivity index (χ0n) is 17.6. The highest BCUT2D eigenvalue weighted by Crippen LogP contribution is 2.22. The lowest BCUT2D eigenvalue weighted by Gasteiger charge is -2.36. The van der Waals surface area contributed by atoms with E-state index >= 15 is 0 Å². The molecule has 0 spiro atoms. The van der Waals surface area contributed by atoms with E-state index in [2.05, 4.69) is 52.0 Å². The van der Waals surface area contributed by atoms with Crippen molar-refractivity contribution in [3.8, 4) is 0 Å². The van der Waals surface area contributed by atoms with Crippen molar-refractivity contribution < 1.29 is 4.79 Å².